The first kappa shape index (κ1) is 19.6. The second-order valence-corrected chi connectivity index (χ2v) is 7.93. The molecule has 6 nitrogen and oxygen atoms in total. The summed E-state index contributed by atoms with van der Waals surface area (Å²) in [5, 5.41) is 11.3. The van der Waals surface area contributed by atoms with Crippen LogP contribution in [-0.2, 0) is 0 Å². The number of halogens is 2. The highest BCUT2D eigenvalue weighted by Gasteiger charge is 2.29. The van der Waals surface area contributed by atoms with Crippen LogP contribution >= 0.6 is 23.2 Å². The van der Waals surface area contributed by atoms with E-state index in [1.54, 1.807) is 23.1 Å². The Bertz CT molecular complexity index is 1160. The molecule has 0 radical (unpaired) electrons. The van der Waals surface area contributed by atoms with E-state index in [1.165, 1.54) is 22.8 Å². The number of nitrogens with zero attached hydrogens (tertiary/aromatic N) is 3. The van der Waals surface area contributed by atoms with Crippen LogP contribution in [-0.4, -0.2) is 46.3 Å². The third-order valence-electron chi connectivity index (χ3n) is 5.21. The van der Waals surface area contributed by atoms with Crippen LogP contribution < -0.4 is 10.5 Å². The molecule has 4 rings (SSSR count). The van der Waals surface area contributed by atoms with Gasteiger partial charge in [0.05, 0.1) is 15.6 Å². The Labute approximate surface area is 177 Å². The van der Waals surface area contributed by atoms with Crippen LogP contribution in [0.3, 0.4) is 0 Å². The number of hydrogen-bond donors (Lipinski definition) is 1. The van der Waals surface area contributed by atoms with Crippen LogP contribution in [0.1, 0.15) is 6.92 Å². The van der Waals surface area contributed by atoms with Gasteiger partial charge in [0.2, 0.25) is 0 Å². The number of anilines is 1. The van der Waals surface area contributed by atoms with E-state index in [0.717, 1.165) is 5.69 Å². The molecule has 3 aromatic rings. The van der Waals surface area contributed by atoms with Crippen molar-refractivity contribution in [1.29, 1.82) is 0 Å². The summed E-state index contributed by atoms with van der Waals surface area (Å²) in [5.41, 5.74) is 1.02. The number of carbonyl (C=O) groups excluding carboxylic acids is 1. The molecule has 8 heteroatoms. The molecule has 0 bridgehead atoms. The summed E-state index contributed by atoms with van der Waals surface area (Å²) in [4.78, 5) is 29.6. The molecule has 1 aromatic heterocycles. The van der Waals surface area contributed by atoms with Gasteiger partial charge in [-0.2, -0.15) is 0 Å². The Hall–Kier alpha value is -2.70. The molecule has 2 heterocycles. The van der Waals surface area contributed by atoms with Crippen LogP contribution in [0, 0.1) is 0 Å². The van der Waals surface area contributed by atoms with Gasteiger partial charge in [0.1, 0.15) is 5.75 Å². The number of piperazine rings is 1. The number of hydrogen-bond acceptors (Lipinski definition) is 4. The fourth-order valence-electron chi connectivity index (χ4n) is 3.72. The number of phenolic OH excluding ortho intramolecular Hbond substituents is 1. The van der Waals surface area contributed by atoms with E-state index in [2.05, 4.69) is 4.90 Å². The number of aromatic nitrogens is 1. The first-order chi connectivity index (χ1) is 13.8. The lowest BCUT2D eigenvalue weighted by atomic mass is 10.1. The quantitative estimate of drug-likeness (QED) is 0.626. The standard InChI is InChI=1S/C21H19Cl2N3O3/c1-13-12-24(15-3-5-17(22)18(23)11-15)8-9-25(13)21(29)26-19-6-4-16(27)10-14(19)2-7-20(26)28/h2-7,10-11,13,27H,8-9,12H2,1H3. The first-order valence-electron chi connectivity index (χ1n) is 9.21. The summed E-state index contributed by atoms with van der Waals surface area (Å²) in [6, 6.07) is 12.5. The van der Waals surface area contributed by atoms with Crippen LogP contribution in [0.2, 0.25) is 10.0 Å². The molecular formula is C21H19Cl2N3O3. The molecule has 1 atom stereocenters. The molecule has 1 aliphatic heterocycles. The Morgan fingerprint density at radius 2 is 1.83 bits per heavy atom. The van der Waals surface area contributed by atoms with E-state index in [0.29, 0.717) is 40.6 Å². The minimum atomic E-state index is -0.396. The van der Waals surface area contributed by atoms with Crippen molar-refractivity contribution in [2.24, 2.45) is 0 Å². The van der Waals surface area contributed by atoms with Crippen molar-refractivity contribution in [1.82, 2.24) is 9.47 Å². The number of aromatic hydroxyl groups is 1. The van der Waals surface area contributed by atoms with Gasteiger partial charge in [-0.25, -0.2) is 9.36 Å². The zero-order valence-corrected chi connectivity index (χ0v) is 17.2. The van der Waals surface area contributed by atoms with E-state index in [1.807, 2.05) is 19.1 Å². The highest BCUT2D eigenvalue weighted by atomic mass is 35.5. The fourth-order valence-corrected chi connectivity index (χ4v) is 4.01. The number of phenols is 1. The lowest BCUT2D eigenvalue weighted by Gasteiger charge is -2.41. The maximum atomic E-state index is 13.2. The summed E-state index contributed by atoms with van der Waals surface area (Å²) < 4.78 is 1.17. The van der Waals surface area contributed by atoms with Gasteiger partial charge in [0.15, 0.2) is 0 Å². The lowest BCUT2D eigenvalue weighted by molar-refractivity contribution is 0.173. The van der Waals surface area contributed by atoms with Crippen molar-refractivity contribution >= 4 is 45.8 Å². The predicted octanol–water partition coefficient (Wildman–Crippen LogP) is 4.19. The van der Waals surface area contributed by atoms with Gasteiger partial charge in [-0.15, -0.1) is 0 Å². The zero-order chi connectivity index (χ0) is 20.7. The van der Waals surface area contributed by atoms with Crippen molar-refractivity contribution in [2.45, 2.75) is 13.0 Å². The maximum absolute atomic E-state index is 13.2. The van der Waals surface area contributed by atoms with Gasteiger partial charge < -0.3 is 14.9 Å². The third-order valence-corrected chi connectivity index (χ3v) is 5.95. The Balaban J connectivity index is 1.61. The molecule has 1 N–H and O–H groups in total. The van der Waals surface area contributed by atoms with E-state index in [4.69, 9.17) is 23.2 Å². The van der Waals surface area contributed by atoms with Gasteiger partial charge in [0.25, 0.3) is 5.56 Å². The van der Waals surface area contributed by atoms with Gasteiger partial charge in [-0.05, 0) is 49.4 Å². The summed E-state index contributed by atoms with van der Waals surface area (Å²) in [7, 11) is 0. The summed E-state index contributed by atoms with van der Waals surface area (Å²) in [6.07, 6.45) is 0. The van der Waals surface area contributed by atoms with Crippen LogP contribution in [0.5, 0.6) is 5.75 Å². The number of benzene rings is 2. The first-order valence-corrected chi connectivity index (χ1v) is 9.96. The SMILES string of the molecule is CC1CN(c2ccc(Cl)c(Cl)c2)CCN1C(=O)n1c(=O)ccc2cc(O)ccc21. The molecular weight excluding hydrogens is 413 g/mol. The Morgan fingerprint density at radius 1 is 1.03 bits per heavy atom. The lowest BCUT2D eigenvalue weighted by Crippen LogP contribution is -2.56. The number of carbonyl (C=O) groups is 1. The van der Waals surface area contributed by atoms with Gasteiger partial charge in [-0.1, -0.05) is 23.2 Å². The van der Waals surface area contributed by atoms with Crippen molar-refractivity contribution < 1.29 is 9.90 Å². The normalized spacial score (nSPS) is 17.0. The van der Waals surface area contributed by atoms with Crippen LogP contribution in [0.25, 0.3) is 10.9 Å². The highest BCUT2D eigenvalue weighted by Crippen LogP contribution is 2.29. The molecule has 0 aliphatic carbocycles. The van der Waals surface area contributed by atoms with Crippen molar-refractivity contribution in [3.05, 3.63) is 68.9 Å². The highest BCUT2D eigenvalue weighted by molar-refractivity contribution is 6.42. The average molecular weight is 432 g/mol. The van der Waals surface area contributed by atoms with Crippen molar-refractivity contribution in [2.75, 3.05) is 24.5 Å². The second kappa shape index (κ2) is 7.61. The summed E-state index contributed by atoms with van der Waals surface area (Å²) in [5.74, 6) is 0.0822. The second-order valence-electron chi connectivity index (χ2n) is 7.12. The molecule has 2 aromatic carbocycles. The van der Waals surface area contributed by atoms with Crippen LogP contribution in [0.4, 0.5) is 10.5 Å². The van der Waals surface area contributed by atoms with E-state index in [9.17, 15) is 14.7 Å². The Kier molecular flexibility index (Phi) is 5.15. The van der Waals surface area contributed by atoms with E-state index >= 15 is 0 Å². The molecule has 150 valence electrons. The molecule has 1 amide bonds. The van der Waals surface area contributed by atoms with Crippen LogP contribution in [0.15, 0.2) is 53.3 Å². The number of pyridine rings is 1. The Morgan fingerprint density at radius 3 is 2.55 bits per heavy atom. The molecule has 0 spiro atoms. The van der Waals surface area contributed by atoms with Gasteiger partial charge in [0, 0.05) is 42.8 Å². The molecule has 1 unspecified atom stereocenters. The van der Waals surface area contributed by atoms with Crippen molar-refractivity contribution in [3.8, 4) is 5.75 Å². The fraction of sp³-hybridized carbons (Fsp3) is 0.238. The number of amides is 1. The zero-order valence-electron chi connectivity index (χ0n) is 15.7. The minimum Gasteiger partial charge on any atom is -0.508 e. The van der Waals surface area contributed by atoms with Gasteiger partial charge >= 0.3 is 6.03 Å². The monoisotopic (exact) mass is 431 g/mol. The molecule has 1 fully saturated rings. The third kappa shape index (κ3) is 3.66. The largest absolute Gasteiger partial charge is 0.508 e. The van der Waals surface area contributed by atoms with E-state index < -0.39 is 5.56 Å². The molecule has 1 saturated heterocycles. The van der Waals surface area contributed by atoms with E-state index in [-0.39, 0.29) is 17.8 Å². The average Bonchev–Trinajstić information content (AvgIpc) is 2.69. The predicted molar refractivity (Wildman–Crippen MR) is 116 cm³/mol. The van der Waals surface area contributed by atoms with Gasteiger partial charge in [-0.3, -0.25) is 4.79 Å². The minimum absolute atomic E-state index is 0.0822. The smallest absolute Gasteiger partial charge is 0.332 e. The molecule has 0 saturated carbocycles. The maximum Gasteiger partial charge on any atom is 0.332 e. The number of fused-ring (bicyclic) bond motifs is 1. The molecule has 1 aliphatic rings. The summed E-state index contributed by atoms with van der Waals surface area (Å²) in [6.45, 7) is 3.61. The molecule has 29 heavy (non-hydrogen) atoms. The topological polar surface area (TPSA) is 65.8 Å². The summed E-state index contributed by atoms with van der Waals surface area (Å²) >= 11 is 12.1. The number of rotatable bonds is 1. The van der Waals surface area contributed by atoms with Crippen molar-refractivity contribution in [3.63, 3.8) is 0 Å².